The second kappa shape index (κ2) is 10.7. The Bertz CT molecular complexity index is 523. The molecule has 144 valence electrons. The zero-order valence-corrected chi connectivity index (χ0v) is 17.0. The first kappa shape index (κ1) is 23.8. The largest absolute Gasteiger partial charge is 0.497 e. The number of methoxy groups -OCH3 is 1. The fourth-order valence-corrected chi connectivity index (χ4v) is 3.24. The maximum absolute atomic E-state index is 12.9. The van der Waals surface area contributed by atoms with Crippen molar-refractivity contribution in [2.24, 2.45) is 11.1 Å². The first-order chi connectivity index (χ1) is 11.1. The van der Waals surface area contributed by atoms with E-state index in [9.17, 15) is 4.79 Å². The number of piperazine rings is 1. The van der Waals surface area contributed by atoms with Gasteiger partial charge in [-0.15, -0.1) is 24.8 Å². The monoisotopic (exact) mass is 391 g/mol. The molecule has 0 saturated carbocycles. The van der Waals surface area contributed by atoms with Crippen molar-refractivity contribution < 1.29 is 9.53 Å². The van der Waals surface area contributed by atoms with Gasteiger partial charge in [0.1, 0.15) is 5.75 Å². The molecule has 0 spiro atoms. The van der Waals surface area contributed by atoms with Gasteiger partial charge in [-0.3, -0.25) is 4.79 Å². The van der Waals surface area contributed by atoms with Crippen molar-refractivity contribution in [1.29, 1.82) is 0 Å². The summed E-state index contributed by atoms with van der Waals surface area (Å²) in [7, 11) is 1.68. The number of nitrogens with zero attached hydrogens (tertiary/aromatic N) is 2. The standard InChI is InChI=1S/C18H29N3O2.2ClH/c1-4-18(5-2,14-19)17(22)21-11-9-20(10-12-21)15-7-6-8-16(13-15)23-3;;/h6-8,13H,4-5,9-12,14,19H2,1-3H3;2*1H. The van der Waals surface area contributed by atoms with Gasteiger partial charge in [0.15, 0.2) is 0 Å². The minimum Gasteiger partial charge on any atom is -0.497 e. The van der Waals surface area contributed by atoms with Crippen molar-refractivity contribution in [3.63, 3.8) is 0 Å². The number of carbonyl (C=O) groups is 1. The van der Waals surface area contributed by atoms with Gasteiger partial charge < -0.3 is 20.3 Å². The van der Waals surface area contributed by atoms with Crippen molar-refractivity contribution >= 4 is 36.4 Å². The van der Waals surface area contributed by atoms with E-state index in [2.05, 4.69) is 24.8 Å². The highest BCUT2D eigenvalue weighted by molar-refractivity contribution is 5.85. The molecule has 25 heavy (non-hydrogen) atoms. The Balaban J connectivity index is 0.00000288. The van der Waals surface area contributed by atoms with Crippen LogP contribution in [0.1, 0.15) is 26.7 Å². The molecule has 1 fully saturated rings. The summed E-state index contributed by atoms with van der Waals surface area (Å²) in [6.45, 7) is 7.71. The molecule has 1 aromatic rings. The molecule has 1 aliphatic heterocycles. The normalized spacial score (nSPS) is 14.4. The number of hydrogen-bond acceptors (Lipinski definition) is 4. The number of benzene rings is 1. The number of hydrogen-bond donors (Lipinski definition) is 1. The highest BCUT2D eigenvalue weighted by Crippen LogP contribution is 2.29. The number of halogens is 2. The van der Waals surface area contributed by atoms with Gasteiger partial charge in [0.2, 0.25) is 5.91 Å². The zero-order chi connectivity index (χ0) is 16.9. The topological polar surface area (TPSA) is 58.8 Å². The maximum Gasteiger partial charge on any atom is 0.230 e. The molecule has 0 radical (unpaired) electrons. The Labute approximate surface area is 163 Å². The molecule has 5 nitrogen and oxygen atoms in total. The predicted molar refractivity (Wildman–Crippen MR) is 108 cm³/mol. The van der Waals surface area contributed by atoms with Crippen LogP contribution in [0.15, 0.2) is 24.3 Å². The van der Waals surface area contributed by atoms with Crippen LogP contribution in [0.2, 0.25) is 0 Å². The molecule has 0 atom stereocenters. The number of nitrogens with two attached hydrogens (primary N) is 1. The summed E-state index contributed by atoms with van der Waals surface area (Å²) in [5.74, 6) is 1.08. The smallest absolute Gasteiger partial charge is 0.230 e. The van der Waals surface area contributed by atoms with Crippen molar-refractivity contribution in [3.8, 4) is 5.75 Å². The Morgan fingerprint density at radius 3 is 2.24 bits per heavy atom. The molecule has 2 rings (SSSR count). The van der Waals surface area contributed by atoms with Gasteiger partial charge in [0.05, 0.1) is 12.5 Å². The van der Waals surface area contributed by atoms with Gasteiger partial charge in [-0.2, -0.15) is 0 Å². The average molecular weight is 392 g/mol. The number of ether oxygens (including phenoxy) is 1. The minimum absolute atomic E-state index is 0. The first-order valence-electron chi connectivity index (χ1n) is 8.48. The van der Waals surface area contributed by atoms with Crippen LogP contribution in [0.25, 0.3) is 0 Å². The number of carbonyl (C=O) groups excluding carboxylic acids is 1. The van der Waals surface area contributed by atoms with E-state index < -0.39 is 5.41 Å². The van der Waals surface area contributed by atoms with E-state index >= 15 is 0 Å². The van der Waals surface area contributed by atoms with Crippen molar-refractivity contribution in [3.05, 3.63) is 24.3 Å². The summed E-state index contributed by atoms with van der Waals surface area (Å²) in [4.78, 5) is 17.1. The molecule has 1 amide bonds. The maximum atomic E-state index is 12.9. The fraction of sp³-hybridized carbons (Fsp3) is 0.611. The van der Waals surface area contributed by atoms with Gasteiger partial charge >= 0.3 is 0 Å². The average Bonchev–Trinajstić information content (AvgIpc) is 2.63. The van der Waals surface area contributed by atoms with Crippen LogP contribution in [0.3, 0.4) is 0 Å². The van der Waals surface area contributed by atoms with Crippen LogP contribution in [0.5, 0.6) is 5.75 Å². The highest BCUT2D eigenvalue weighted by Gasteiger charge is 2.37. The van der Waals surface area contributed by atoms with Gasteiger partial charge in [-0.1, -0.05) is 19.9 Å². The zero-order valence-electron chi connectivity index (χ0n) is 15.4. The molecular weight excluding hydrogens is 361 g/mol. The number of anilines is 1. The van der Waals surface area contributed by atoms with Crippen LogP contribution < -0.4 is 15.4 Å². The van der Waals surface area contributed by atoms with Crippen LogP contribution >= 0.6 is 24.8 Å². The Morgan fingerprint density at radius 2 is 1.76 bits per heavy atom. The molecule has 1 saturated heterocycles. The number of amides is 1. The highest BCUT2D eigenvalue weighted by atomic mass is 35.5. The molecule has 7 heteroatoms. The lowest BCUT2D eigenvalue weighted by molar-refractivity contribution is -0.142. The lowest BCUT2D eigenvalue weighted by Gasteiger charge is -2.41. The van der Waals surface area contributed by atoms with Gasteiger partial charge in [0, 0.05) is 44.5 Å². The van der Waals surface area contributed by atoms with Crippen LogP contribution in [-0.2, 0) is 4.79 Å². The SMILES string of the molecule is CCC(CC)(CN)C(=O)N1CCN(c2cccc(OC)c2)CC1.Cl.Cl. The fourth-order valence-electron chi connectivity index (χ4n) is 3.24. The molecule has 1 aromatic carbocycles. The summed E-state index contributed by atoms with van der Waals surface area (Å²) in [6.07, 6.45) is 1.60. The lowest BCUT2D eigenvalue weighted by Crippen LogP contribution is -2.54. The molecule has 0 aromatic heterocycles. The first-order valence-corrected chi connectivity index (χ1v) is 8.48. The van der Waals surface area contributed by atoms with E-state index in [1.165, 1.54) is 0 Å². The second-order valence-corrected chi connectivity index (χ2v) is 6.17. The Hall–Kier alpha value is -1.17. The molecular formula is C18H31Cl2N3O2. The van der Waals surface area contributed by atoms with Gasteiger partial charge in [-0.25, -0.2) is 0 Å². The third-order valence-electron chi connectivity index (χ3n) is 5.18. The summed E-state index contributed by atoms with van der Waals surface area (Å²) in [5, 5.41) is 0. The lowest BCUT2D eigenvalue weighted by atomic mass is 9.81. The van der Waals surface area contributed by atoms with E-state index in [1.54, 1.807) is 7.11 Å². The van der Waals surface area contributed by atoms with E-state index in [4.69, 9.17) is 10.5 Å². The predicted octanol–water partition coefficient (Wildman–Crippen LogP) is 2.95. The number of rotatable bonds is 6. The summed E-state index contributed by atoms with van der Waals surface area (Å²) in [6, 6.07) is 8.07. The third kappa shape index (κ3) is 5.16. The van der Waals surface area contributed by atoms with E-state index in [1.807, 2.05) is 23.1 Å². The molecule has 2 N–H and O–H groups in total. The van der Waals surface area contributed by atoms with Gasteiger partial charge in [0.25, 0.3) is 0 Å². The molecule has 1 aliphatic rings. The van der Waals surface area contributed by atoms with E-state index in [-0.39, 0.29) is 30.7 Å². The minimum atomic E-state index is -0.391. The van der Waals surface area contributed by atoms with E-state index in [0.29, 0.717) is 6.54 Å². The second-order valence-electron chi connectivity index (χ2n) is 6.17. The molecule has 0 unspecified atom stereocenters. The van der Waals surface area contributed by atoms with Crippen molar-refractivity contribution in [2.75, 3.05) is 44.7 Å². The molecule has 0 bridgehead atoms. The summed E-state index contributed by atoms with van der Waals surface area (Å²) >= 11 is 0. The van der Waals surface area contributed by atoms with Crippen LogP contribution in [-0.4, -0.2) is 50.6 Å². The molecule has 0 aliphatic carbocycles. The summed E-state index contributed by atoms with van der Waals surface area (Å²) in [5.41, 5.74) is 6.67. The van der Waals surface area contributed by atoms with Crippen LogP contribution in [0, 0.1) is 5.41 Å². The van der Waals surface area contributed by atoms with Crippen LogP contribution in [0.4, 0.5) is 5.69 Å². The van der Waals surface area contributed by atoms with Crippen molar-refractivity contribution in [1.82, 2.24) is 4.90 Å². The summed E-state index contributed by atoms with van der Waals surface area (Å²) < 4.78 is 5.29. The molecule has 1 heterocycles. The van der Waals surface area contributed by atoms with Crippen molar-refractivity contribution in [2.45, 2.75) is 26.7 Å². The quantitative estimate of drug-likeness (QED) is 0.809. The Kier molecular flexibility index (Phi) is 10.2. The third-order valence-corrected chi connectivity index (χ3v) is 5.18. The van der Waals surface area contributed by atoms with Gasteiger partial charge in [-0.05, 0) is 25.0 Å². The Morgan fingerprint density at radius 1 is 1.16 bits per heavy atom. The van der Waals surface area contributed by atoms with E-state index in [0.717, 1.165) is 50.5 Å².